The Balaban J connectivity index is 0.000000745. The minimum atomic E-state index is -1.36. The maximum absolute atomic E-state index is 11.8. The van der Waals surface area contributed by atoms with Crippen molar-refractivity contribution in [2.45, 2.75) is 0 Å². The molecule has 1 aromatic carbocycles. The third-order valence-corrected chi connectivity index (χ3v) is 2.78. The molecule has 0 radical (unpaired) electrons. The van der Waals surface area contributed by atoms with Gasteiger partial charge in [-0.1, -0.05) is 0 Å². The second-order valence-corrected chi connectivity index (χ2v) is 3.92. The molecule has 0 aliphatic carbocycles. The van der Waals surface area contributed by atoms with Gasteiger partial charge in [0.1, 0.15) is 0 Å². The molecule has 0 spiro atoms. The van der Waals surface area contributed by atoms with E-state index in [2.05, 4.69) is 4.98 Å². The Hall–Kier alpha value is -3.26. The number of aryl methyl sites for hydroxylation is 1. The van der Waals surface area contributed by atoms with Crippen molar-refractivity contribution in [3.05, 3.63) is 44.2 Å². The normalized spacial score (nSPS) is 9.41. The van der Waals surface area contributed by atoms with E-state index in [9.17, 15) is 9.59 Å². The van der Waals surface area contributed by atoms with Crippen molar-refractivity contribution in [3.8, 4) is 11.5 Å². The Bertz CT molecular complexity index is 808. The van der Waals surface area contributed by atoms with Gasteiger partial charge in [-0.25, -0.2) is 9.78 Å². The third kappa shape index (κ3) is 3.07. The summed E-state index contributed by atoms with van der Waals surface area (Å²) in [5.41, 5.74) is 13.1. The van der Waals surface area contributed by atoms with Crippen LogP contribution in [-0.4, -0.2) is 34.8 Å². The molecule has 10 nitrogen and oxygen atoms in total. The quantitative estimate of drug-likeness (QED) is 0.516. The first kappa shape index (κ1) is 16.8. The highest BCUT2D eigenvalue weighted by Gasteiger charge is 2.17. The van der Waals surface area contributed by atoms with Gasteiger partial charge in [0.25, 0.3) is 5.56 Å². The molecule has 0 fully saturated rings. The fourth-order valence-electron chi connectivity index (χ4n) is 1.79. The number of carbonyl (C=O) groups is 1. The van der Waals surface area contributed by atoms with Crippen LogP contribution in [0.15, 0.2) is 16.9 Å². The highest BCUT2D eigenvalue weighted by atomic mass is 16.5. The van der Waals surface area contributed by atoms with Crippen molar-refractivity contribution < 1.29 is 19.4 Å². The molecule has 1 aromatic heterocycles. The van der Waals surface area contributed by atoms with Crippen molar-refractivity contribution in [2.24, 2.45) is 7.05 Å². The number of benzene rings is 1. The van der Waals surface area contributed by atoms with Gasteiger partial charge in [0.05, 0.1) is 25.3 Å². The lowest BCUT2D eigenvalue weighted by molar-refractivity contribution is 0.0688. The van der Waals surface area contributed by atoms with Crippen LogP contribution < -0.4 is 15.0 Å². The van der Waals surface area contributed by atoms with E-state index in [0.29, 0.717) is 22.5 Å². The fraction of sp³-hybridized carbons (Fsp3) is 0.250. The van der Waals surface area contributed by atoms with Gasteiger partial charge < -0.3 is 30.2 Å². The lowest BCUT2D eigenvalue weighted by atomic mass is 10.2. The number of carboxylic acids is 1. The summed E-state index contributed by atoms with van der Waals surface area (Å²) < 4.78 is 11.5. The highest BCUT2D eigenvalue weighted by Crippen LogP contribution is 2.30. The number of methoxy groups -OCH3 is 2. The topological polar surface area (TPSA) is 149 Å². The second-order valence-electron chi connectivity index (χ2n) is 3.92. The molecule has 1 heterocycles. The molecule has 116 valence electrons. The molecule has 2 rings (SSSR count). The van der Waals surface area contributed by atoms with Gasteiger partial charge in [-0.2, -0.15) is 0 Å². The largest absolute Gasteiger partial charge is 0.493 e. The Kier molecular flexibility index (Phi) is 5.31. The minimum absolute atomic E-state index is 0.345. The summed E-state index contributed by atoms with van der Waals surface area (Å²) >= 11 is 0. The van der Waals surface area contributed by atoms with Crippen LogP contribution in [0.3, 0.4) is 0 Å². The smallest absolute Gasteiger partial charge is 0.360 e. The van der Waals surface area contributed by atoms with E-state index in [0.717, 1.165) is 0 Å². The number of rotatable bonds is 3. The monoisotopic (exact) mass is 306 g/mol. The number of aromatic carboxylic acids is 1. The Morgan fingerprint density at radius 3 is 2.23 bits per heavy atom. The first-order valence-corrected chi connectivity index (χ1v) is 5.75. The molecule has 0 aliphatic heterocycles. The van der Waals surface area contributed by atoms with Crippen LogP contribution in [-0.2, 0) is 7.05 Å². The van der Waals surface area contributed by atoms with E-state index < -0.39 is 17.2 Å². The molecule has 22 heavy (non-hydrogen) atoms. The van der Waals surface area contributed by atoms with Crippen molar-refractivity contribution in [2.75, 3.05) is 14.2 Å². The third-order valence-electron chi connectivity index (χ3n) is 2.78. The summed E-state index contributed by atoms with van der Waals surface area (Å²) in [7, 11) is 4.41. The number of aromatic nitrogens is 2. The average molecular weight is 306 g/mol. The van der Waals surface area contributed by atoms with Gasteiger partial charge in [-0.15, -0.1) is 0 Å². The number of nitrogens with zero attached hydrogens (tertiary/aromatic N) is 5. The van der Waals surface area contributed by atoms with Crippen LogP contribution in [0.2, 0.25) is 0 Å². The summed E-state index contributed by atoms with van der Waals surface area (Å²) in [6, 6.07) is 3.11. The van der Waals surface area contributed by atoms with Gasteiger partial charge in [0.15, 0.2) is 11.5 Å². The number of hydrogen-bond donors (Lipinski definition) is 1. The first-order chi connectivity index (χ1) is 10.4. The molecule has 0 amide bonds. The maximum Gasteiger partial charge on any atom is 0.360 e. The number of hydrogen-bond acceptors (Lipinski definition) is 5. The summed E-state index contributed by atoms with van der Waals surface area (Å²) in [4.78, 5) is 28.1. The molecular weight excluding hydrogens is 294 g/mol. The standard InChI is InChI=1S/C12H12N2O5.N3/c1-14-7-5-9(19-3)8(18-2)4-6(7)13-10(11(14)15)12(16)17;1-3-2/h4-5H,1-3H3,(H,16,17);/q;-1. The van der Waals surface area contributed by atoms with E-state index in [1.807, 2.05) is 0 Å². The second kappa shape index (κ2) is 6.95. The van der Waals surface area contributed by atoms with E-state index >= 15 is 0 Å². The van der Waals surface area contributed by atoms with E-state index in [1.165, 1.54) is 36.8 Å². The summed E-state index contributed by atoms with van der Waals surface area (Å²) in [6.45, 7) is 0. The molecule has 0 saturated heterocycles. The maximum atomic E-state index is 11.8. The van der Waals surface area contributed by atoms with Crippen molar-refractivity contribution >= 4 is 17.0 Å². The van der Waals surface area contributed by atoms with Crippen LogP contribution in [0.1, 0.15) is 10.5 Å². The molecule has 0 saturated carbocycles. The molecule has 10 heteroatoms. The van der Waals surface area contributed by atoms with E-state index in [4.69, 9.17) is 25.6 Å². The zero-order chi connectivity index (χ0) is 16.9. The number of carboxylic acid groups (broad SMARTS) is 1. The highest BCUT2D eigenvalue weighted by molar-refractivity contribution is 5.89. The van der Waals surface area contributed by atoms with E-state index in [1.54, 1.807) is 6.07 Å². The summed E-state index contributed by atoms with van der Waals surface area (Å²) in [5, 5.41) is 8.95. The lowest BCUT2D eigenvalue weighted by Gasteiger charge is -2.11. The zero-order valence-corrected chi connectivity index (χ0v) is 12.0. The van der Waals surface area contributed by atoms with Gasteiger partial charge in [-0.05, 0) is 0 Å². The number of ether oxygens (including phenoxy) is 2. The van der Waals surface area contributed by atoms with Gasteiger partial charge >= 0.3 is 5.97 Å². The predicted molar refractivity (Wildman–Crippen MR) is 77.1 cm³/mol. The predicted octanol–water partition coefficient (Wildman–Crippen LogP) is 1.51. The Morgan fingerprint density at radius 1 is 1.27 bits per heavy atom. The van der Waals surface area contributed by atoms with Crippen LogP contribution in [0.25, 0.3) is 27.0 Å². The number of fused-ring (bicyclic) bond motifs is 1. The molecule has 0 atom stereocenters. The average Bonchev–Trinajstić information content (AvgIpc) is 2.50. The molecule has 0 unspecified atom stereocenters. The first-order valence-electron chi connectivity index (χ1n) is 5.75. The van der Waals surface area contributed by atoms with Crippen LogP contribution >= 0.6 is 0 Å². The van der Waals surface area contributed by atoms with Gasteiger partial charge in [0, 0.05) is 19.2 Å². The minimum Gasteiger partial charge on any atom is -0.493 e. The molecular formula is C12H12N5O5-. The summed E-state index contributed by atoms with van der Waals surface area (Å²) in [6.07, 6.45) is 0. The van der Waals surface area contributed by atoms with Crippen molar-refractivity contribution in [1.82, 2.24) is 9.55 Å². The molecule has 2 aromatic rings. The summed E-state index contributed by atoms with van der Waals surface area (Å²) in [5.74, 6) is -0.510. The Labute approximate surface area is 123 Å². The van der Waals surface area contributed by atoms with Crippen molar-refractivity contribution in [1.29, 1.82) is 0 Å². The van der Waals surface area contributed by atoms with Crippen molar-refractivity contribution in [3.63, 3.8) is 0 Å². The van der Waals surface area contributed by atoms with Gasteiger partial charge in [-0.3, -0.25) is 9.71 Å². The molecule has 0 aliphatic rings. The SMILES string of the molecule is COc1cc2nc(C(=O)O)c(=O)n(C)c2cc1OC.[N-]=[N+]=[N-]. The van der Waals surface area contributed by atoms with Gasteiger partial charge in [0.2, 0.25) is 5.69 Å². The lowest BCUT2D eigenvalue weighted by Crippen LogP contribution is -2.26. The van der Waals surface area contributed by atoms with Crippen LogP contribution in [0.5, 0.6) is 11.5 Å². The van der Waals surface area contributed by atoms with Crippen LogP contribution in [0, 0.1) is 0 Å². The fourth-order valence-corrected chi connectivity index (χ4v) is 1.79. The Morgan fingerprint density at radius 2 is 1.77 bits per heavy atom. The molecule has 0 bridgehead atoms. The zero-order valence-electron chi connectivity index (χ0n) is 12.0. The van der Waals surface area contributed by atoms with Crippen LogP contribution in [0.4, 0.5) is 0 Å². The molecule has 1 N–H and O–H groups in total. The van der Waals surface area contributed by atoms with E-state index in [-0.39, 0.29) is 0 Å².